The van der Waals surface area contributed by atoms with E-state index in [1.807, 2.05) is 56.3 Å². The lowest BCUT2D eigenvalue weighted by Crippen LogP contribution is -2.14. The Kier molecular flexibility index (Phi) is 5.12. The number of aromatic nitrogens is 2. The van der Waals surface area contributed by atoms with Gasteiger partial charge in [0.05, 0.1) is 12.7 Å². The summed E-state index contributed by atoms with van der Waals surface area (Å²) >= 11 is 0. The summed E-state index contributed by atoms with van der Waals surface area (Å²) in [6.07, 6.45) is 3.00. The van der Waals surface area contributed by atoms with E-state index in [1.54, 1.807) is 7.11 Å². The Bertz CT molecular complexity index is 903. The molecule has 2 aromatic carbocycles. The highest BCUT2D eigenvalue weighted by Gasteiger charge is 2.11. The van der Waals surface area contributed by atoms with Crippen molar-refractivity contribution in [2.24, 2.45) is 0 Å². The molecule has 0 radical (unpaired) electrons. The minimum atomic E-state index is -0.240. The van der Waals surface area contributed by atoms with Gasteiger partial charge in [-0.2, -0.15) is 0 Å². The first-order chi connectivity index (χ1) is 12.6. The van der Waals surface area contributed by atoms with Gasteiger partial charge in [0.2, 0.25) is 5.95 Å². The fourth-order valence-electron chi connectivity index (χ4n) is 2.54. The SMILES string of the molecule is COc1cccc(Nc2ncc(C(=O)Nc3c(C)cccc3C)cn2)c1. The standard InChI is InChI=1S/C20H20N4O2/c1-13-6-4-7-14(2)18(13)24-19(25)15-11-21-20(22-12-15)23-16-8-5-9-17(10-16)26-3/h4-12H,1-3H3,(H,24,25)(H,21,22,23). The summed E-state index contributed by atoms with van der Waals surface area (Å²) in [5.74, 6) is 0.900. The van der Waals surface area contributed by atoms with Crippen molar-refractivity contribution in [1.82, 2.24) is 9.97 Å². The number of nitrogens with one attached hydrogen (secondary N) is 2. The average molecular weight is 348 g/mol. The number of anilines is 3. The summed E-state index contributed by atoms with van der Waals surface area (Å²) in [7, 11) is 1.61. The molecule has 26 heavy (non-hydrogen) atoms. The molecule has 3 rings (SSSR count). The van der Waals surface area contributed by atoms with Crippen molar-refractivity contribution in [1.29, 1.82) is 0 Å². The van der Waals surface area contributed by atoms with Crippen LogP contribution in [0.2, 0.25) is 0 Å². The minimum Gasteiger partial charge on any atom is -0.497 e. The van der Waals surface area contributed by atoms with Crippen molar-refractivity contribution >= 4 is 23.2 Å². The number of aryl methyl sites for hydroxylation is 2. The maximum atomic E-state index is 12.4. The van der Waals surface area contributed by atoms with E-state index >= 15 is 0 Å². The lowest BCUT2D eigenvalue weighted by atomic mass is 10.1. The maximum absolute atomic E-state index is 12.4. The summed E-state index contributed by atoms with van der Waals surface area (Å²) in [5.41, 5.74) is 4.03. The Hall–Kier alpha value is -3.41. The van der Waals surface area contributed by atoms with Gasteiger partial charge in [0.1, 0.15) is 5.75 Å². The molecule has 0 fully saturated rings. The fraction of sp³-hybridized carbons (Fsp3) is 0.150. The van der Waals surface area contributed by atoms with E-state index in [0.29, 0.717) is 11.5 Å². The zero-order chi connectivity index (χ0) is 18.5. The third kappa shape index (κ3) is 3.97. The van der Waals surface area contributed by atoms with Crippen LogP contribution < -0.4 is 15.4 Å². The molecule has 1 heterocycles. The van der Waals surface area contributed by atoms with Gasteiger partial charge in [-0.25, -0.2) is 9.97 Å². The topological polar surface area (TPSA) is 76.1 Å². The van der Waals surface area contributed by atoms with Crippen LogP contribution in [0.25, 0.3) is 0 Å². The summed E-state index contributed by atoms with van der Waals surface area (Å²) in [6, 6.07) is 13.3. The van der Waals surface area contributed by atoms with Crippen molar-refractivity contribution in [2.75, 3.05) is 17.7 Å². The lowest BCUT2D eigenvalue weighted by molar-refractivity contribution is 0.102. The number of benzene rings is 2. The molecule has 3 aromatic rings. The molecule has 0 aliphatic rings. The second-order valence-electron chi connectivity index (χ2n) is 5.87. The van der Waals surface area contributed by atoms with Crippen LogP contribution in [0.4, 0.5) is 17.3 Å². The van der Waals surface area contributed by atoms with Crippen molar-refractivity contribution in [3.8, 4) is 5.75 Å². The third-order valence-corrected chi connectivity index (χ3v) is 3.96. The summed E-state index contributed by atoms with van der Waals surface area (Å²) in [6.45, 7) is 3.92. The first-order valence-electron chi connectivity index (χ1n) is 8.17. The van der Waals surface area contributed by atoms with Crippen LogP contribution in [-0.4, -0.2) is 23.0 Å². The minimum absolute atomic E-state index is 0.240. The zero-order valence-electron chi connectivity index (χ0n) is 14.9. The summed E-state index contributed by atoms with van der Waals surface area (Å²) in [5, 5.41) is 6.00. The van der Waals surface area contributed by atoms with Crippen LogP contribution in [0.1, 0.15) is 21.5 Å². The van der Waals surface area contributed by atoms with Gasteiger partial charge in [0.15, 0.2) is 0 Å². The van der Waals surface area contributed by atoms with Crippen molar-refractivity contribution < 1.29 is 9.53 Å². The van der Waals surface area contributed by atoms with E-state index in [0.717, 1.165) is 28.3 Å². The Morgan fingerprint density at radius 1 is 1.00 bits per heavy atom. The Labute approximate surface area is 152 Å². The number of hydrogen-bond donors (Lipinski definition) is 2. The fourth-order valence-corrected chi connectivity index (χ4v) is 2.54. The van der Waals surface area contributed by atoms with E-state index < -0.39 is 0 Å². The average Bonchev–Trinajstić information content (AvgIpc) is 2.65. The van der Waals surface area contributed by atoms with Gasteiger partial charge < -0.3 is 15.4 Å². The molecule has 1 amide bonds. The Balaban J connectivity index is 1.71. The highest BCUT2D eigenvalue weighted by molar-refractivity contribution is 6.04. The number of ether oxygens (including phenoxy) is 1. The van der Waals surface area contributed by atoms with Gasteiger partial charge in [0.25, 0.3) is 5.91 Å². The first-order valence-corrected chi connectivity index (χ1v) is 8.17. The number of methoxy groups -OCH3 is 1. The lowest BCUT2D eigenvalue weighted by Gasteiger charge is -2.11. The number of carbonyl (C=O) groups excluding carboxylic acids is 1. The predicted octanol–water partition coefficient (Wildman–Crippen LogP) is 4.10. The molecule has 0 unspecified atom stereocenters. The highest BCUT2D eigenvalue weighted by atomic mass is 16.5. The number of amides is 1. The summed E-state index contributed by atoms with van der Waals surface area (Å²) < 4.78 is 5.19. The second-order valence-corrected chi connectivity index (χ2v) is 5.87. The van der Waals surface area contributed by atoms with Crippen LogP contribution in [-0.2, 0) is 0 Å². The van der Waals surface area contributed by atoms with E-state index in [4.69, 9.17) is 4.74 Å². The van der Waals surface area contributed by atoms with Crippen molar-refractivity contribution in [3.05, 3.63) is 71.5 Å². The van der Waals surface area contributed by atoms with Gasteiger partial charge in [-0.1, -0.05) is 24.3 Å². The molecule has 0 saturated carbocycles. The van der Waals surface area contributed by atoms with Crippen molar-refractivity contribution in [3.63, 3.8) is 0 Å². The Morgan fingerprint density at radius 2 is 1.65 bits per heavy atom. The van der Waals surface area contributed by atoms with Crippen LogP contribution >= 0.6 is 0 Å². The number of carbonyl (C=O) groups is 1. The molecule has 1 aromatic heterocycles. The largest absolute Gasteiger partial charge is 0.497 e. The van der Waals surface area contributed by atoms with E-state index in [-0.39, 0.29) is 5.91 Å². The van der Waals surface area contributed by atoms with Gasteiger partial charge in [-0.3, -0.25) is 4.79 Å². The van der Waals surface area contributed by atoms with Gasteiger partial charge in [-0.05, 0) is 37.1 Å². The van der Waals surface area contributed by atoms with Gasteiger partial charge >= 0.3 is 0 Å². The van der Waals surface area contributed by atoms with E-state index in [9.17, 15) is 4.79 Å². The predicted molar refractivity (Wildman–Crippen MR) is 102 cm³/mol. The maximum Gasteiger partial charge on any atom is 0.258 e. The molecule has 0 aliphatic carbocycles. The normalized spacial score (nSPS) is 10.3. The van der Waals surface area contributed by atoms with Crippen LogP contribution in [0.15, 0.2) is 54.9 Å². The van der Waals surface area contributed by atoms with Crippen molar-refractivity contribution in [2.45, 2.75) is 13.8 Å². The third-order valence-electron chi connectivity index (χ3n) is 3.96. The molecular formula is C20H20N4O2. The number of hydrogen-bond acceptors (Lipinski definition) is 5. The molecule has 0 bridgehead atoms. The van der Waals surface area contributed by atoms with Crippen LogP contribution in [0, 0.1) is 13.8 Å². The summed E-state index contributed by atoms with van der Waals surface area (Å²) in [4.78, 5) is 20.9. The van der Waals surface area contributed by atoms with E-state index in [1.165, 1.54) is 12.4 Å². The molecule has 0 spiro atoms. The van der Waals surface area contributed by atoms with Crippen LogP contribution in [0.3, 0.4) is 0 Å². The van der Waals surface area contributed by atoms with E-state index in [2.05, 4.69) is 20.6 Å². The Morgan fingerprint density at radius 3 is 2.31 bits per heavy atom. The van der Waals surface area contributed by atoms with Gasteiger partial charge in [-0.15, -0.1) is 0 Å². The number of rotatable bonds is 5. The first kappa shape index (κ1) is 17.4. The number of para-hydroxylation sites is 1. The monoisotopic (exact) mass is 348 g/mol. The molecule has 0 atom stereocenters. The van der Waals surface area contributed by atoms with Gasteiger partial charge in [0, 0.05) is 29.8 Å². The number of nitrogens with zero attached hydrogens (tertiary/aromatic N) is 2. The molecule has 0 saturated heterocycles. The second kappa shape index (κ2) is 7.65. The molecule has 132 valence electrons. The molecule has 0 aliphatic heterocycles. The highest BCUT2D eigenvalue weighted by Crippen LogP contribution is 2.21. The molecule has 6 heteroatoms. The quantitative estimate of drug-likeness (QED) is 0.726. The zero-order valence-corrected chi connectivity index (χ0v) is 14.9. The molecule has 2 N–H and O–H groups in total. The molecule has 6 nitrogen and oxygen atoms in total. The van der Waals surface area contributed by atoms with Crippen LogP contribution in [0.5, 0.6) is 5.75 Å². The molecular weight excluding hydrogens is 328 g/mol. The smallest absolute Gasteiger partial charge is 0.258 e.